The minimum atomic E-state index is -4.71. The van der Waals surface area contributed by atoms with Crippen molar-refractivity contribution in [2.75, 3.05) is 0 Å². The number of nitrogens with zero attached hydrogens (tertiary/aromatic N) is 1. The highest BCUT2D eigenvalue weighted by atomic mass is 79.9. The maximum Gasteiger partial charge on any atom is 0.573 e. The van der Waals surface area contributed by atoms with E-state index in [1.165, 1.54) is 6.07 Å². The first kappa shape index (κ1) is 16.8. The van der Waals surface area contributed by atoms with E-state index in [1.807, 2.05) is 6.92 Å². The first-order valence-corrected chi connectivity index (χ1v) is 6.79. The molecule has 0 aliphatic carbocycles. The van der Waals surface area contributed by atoms with Gasteiger partial charge in [0.2, 0.25) is 0 Å². The number of rotatable bonds is 6. The highest BCUT2D eigenvalue weighted by Crippen LogP contribution is 2.31. The van der Waals surface area contributed by atoms with Gasteiger partial charge in [-0.2, -0.15) is 5.26 Å². The molecule has 1 atom stereocenters. The molecule has 0 saturated heterocycles. The Morgan fingerprint density at radius 3 is 2.65 bits per heavy atom. The van der Waals surface area contributed by atoms with E-state index in [9.17, 15) is 13.2 Å². The third-order valence-electron chi connectivity index (χ3n) is 2.65. The van der Waals surface area contributed by atoms with Crippen molar-refractivity contribution in [3.63, 3.8) is 0 Å². The molecular formula is C13H14BrF3N2O. The number of hydrogen-bond acceptors (Lipinski definition) is 3. The molecule has 110 valence electrons. The molecule has 7 heteroatoms. The van der Waals surface area contributed by atoms with Gasteiger partial charge in [0.15, 0.2) is 0 Å². The van der Waals surface area contributed by atoms with Crippen LogP contribution < -0.4 is 10.1 Å². The van der Waals surface area contributed by atoms with Gasteiger partial charge in [-0.15, -0.1) is 13.2 Å². The normalized spacial score (nSPS) is 12.8. The molecule has 0 spiro atoms. The monoisotopic (exact) mass is 350 g/mol. The fourth-order valence-corrected chi connectivity index (χ4v) is 2.10. The van der Waals surface area contributed by atoms with Crippen molar-refractivity contribution in [1.82, 2.24) is 5.32 Å². The molecule has 0 radical (unpaired) electrons. The van der Waals surface area contributed by atoms with Gasteiger partial charge < -0.3 is 10.1 Å². The lowest BCUT2D eigenvalue weighted by atomic mass is 10.1. The van der Waals surface area contributed by atoms with Gasteiger partial charge in [-0.05, 0) is 40.0 Å². The summed E-state index contributed by atoms with van der Waals surface area (Å²) in [4.78, 5) is 0. The van der Waals surface area contributed by atoms with Crippen LogP contribution in [0.15, 0.2) is 22.7 Å². The van der Waals surface area contributed by atoms with Crippen LogP contribution in [0.4, 0.5) is 13.2 Å². The number of ether oxygens (including phenoxy) is 1. The van der Waals surface area contributed by atoms with E-state index < -0.39 is 6.36 Å². The minimum absolute atomic E-state index is 0.0740. The fourth-order valence-electron chi connectivity index (χ4n) is 1.59. The molecule has 0 aromatic heterocycles. The summed E-state index contributed by atoms with van der Waals surface area (Å²) >= 11 is 3.05. The molecule has 1 N–H and O–H groups in total. The lowest BCUT2D eigenvalue weighted by molar-refractivity contribution is -0.274. The molecule has 0 bridgehead atoms. The Bertz CT molecular complexity index is 485. The molecule has 1 unspecified atom stereocenters. The zero-order valence-electron chi connectivity index (χ0n) is 10.8. The van der Waals surface area contributed by atoms with Crippen molar-refractivity contribution in [3.8, 4) is 11.8 Å². The van der Waals surface area contributed by atoms with Crippen LogP contribution in [0.25, 0.3) is 0 Å². The van der Waals surface area contributed by atoms with E-state index >= 15 is 0 Å². The second-order valence-electron chi connectivity index (χ2n) is 4.16. The second-order valence-corrected chi connectivity index (χ2v) is 5.02. The summed E-state index contributed by atoms with van der Waals surface area (Å²) in [6.45, 7) is 2.44. The van der Waals surface area contributed by atoms with Crippen LogP contribution in [-0.4, -0.2) is 12.4 Å². The second kappa shape index (κ2) is 7.50. The largest absolute Gasteiger partial charge is 0.573 e. The van der Waals surface area contributed by atoms with Crippen molar-refractivity contribution in [3.05, 3.63) is 28.2 Å². The third-order valence-corrected chi connectivity index (χ3v) is 3.27. The molecule has 0 aliphatic heterocycles. The third kappa shape index (κ3) is 5.80. The Hall–Kier alpha value is -1.26. The van der Waals surface area contributed by atoms with Crippen molar-refractivity contribution in [2.24, 2.45) is 0 Å². The van der Waals surface area contributed by atoms with E-state index in [2.05, 4.69) is 32.1 Å². The quantitative estimate of drug-likeness (QED) is 0.838. The molecule has 1 aromatic rings. The SMILES string of the molecule is CCC(CC#N)NCc1ccc(OC(F)(F)F)c(Br)c1. The van der Waals surface area contributed by atoms with Gasteiger partial charge in [0.1, 0.15) is 5.75 Å². The van der Waals surface area contributed by atoms with Crippen LogP contribution in [0, 0.1) is 11.3 Å². The molecule has 1 rings (SSSR count). The van der Waals surface area contributed by atoms with Crippen LogP contribution in [0.2, 0.25) is 0 Å². The van der Waals surface area contributed by atoms with E-state index in [0.29, 0.717) is 13.0 Å². The molecule has 0 heterocycles. The van der Waals surface area contributed by atoms with Crippen molar-refractivity contribution in [1.29, 1.82) is 5.26 Å². The molecule has 0 amide bonds. The highest BCUT2D eigenvalue weighted by Gasteiger charge is 2.31. The smallest absolute Gasteiger partial charge is 0.405 e. The van der Waals surface area contributed by atoms with Crippen molar-refractivity contribution in [2.45, 2.75) is 38.7 Å². The average Bonchev–Trinajstić information content (AvgIpc) is 2.36. The van der Waals surface area contributed by atoms with Crippen LogP contribution in [-0.2, 0) is 6.54 Å². The maximum absolute atomic E-state index is 12.1. The van der Waals surface area contributed by atoms with Crippen molar-refractivity contribution < 1.29 is 17.9 Å². The van der Waals surface area contributed by atoms with E-state index in [1.54, 1.807) is 12.1 Å². The summed E-state index contributed by atoms with van der Waals surface area (Å²) in [5.74, 6) is -0.273. The Kier molecular flexibility index (Phi) is 6.30. The maximum atomic E-state index is 12.1. The molecular weight excluding hydrogens is 337 g/mol. The van der Waals surface area contributed by atoms with Gasteiger partial charge in [-0.25, -0.2) is 0 Å². The predicted molar refractivity (Wildman–Crippen MR) is 72.0 cm³/mol. The van der Waals surface area contributed by atoms with Gasteiger partial charge in [0.25, 0.3) is 0 Å². The minimum Gasteiger partial charge on any atom is -0.405 e. The van der Waals surface area contributed by atoms with Crippen LogP contribution >= 0.6 is 15.9 Å². The predicted octanol–water partition coefficient (Wildman–Crippen LogP) is 4.13. The zero-order valence-corrected chi connectivity index (χ0v) is 12.4. The van der Waals surface area contributed by atoms with Crippen molar-refractivity contribution >= 4 is 15.9 Å². The lowest BCUT2D eigenvalue weighted by Gasteiger charge is -2.15. The van der Waals surface area contributed by atoms with Gasteiger partial charge in [0, 0.05) is 12.6 Å². The van der Waals surface area contributed by atoms with Crippen LogP contribution in [0.1, 0.15) is 25.3 Å². The standard InChI is InChI=1S/C13H14BrF3N2O/c1-2-10(5-6-18)19-8-9-3-4-12(11(14)7-9)20-13(15,16)17/h3-4,7,10,19H,2,5,8H2,1H3. The highest BCUT2D eigenvalue weighted by molar-refractivity contribution is 9.10. The van der Waals surface area contributed by atoms with Gasteiger partial charge in [-0.3, -0.25) is 0 Å². The molecule has 0 aliphatic rings. The van der Waals surface area contributed by atoms with E-state index in [-0.39, 0.29) is 16.3 Å². The molecule has 0 saturated carbocycles. The number of halogens is 4. The Morgan fingerprint density at radius 1 is 1.45 bits per heavy atom. The van der Waals surface area contributed by atoms with Crippen LogP contribution in [0.5, 0.6) is 5.75 Å². The van der Waals surface area contributed by atoms with E-state index in [4.69, 9.17) is 5.26 Å². The summed E-state index contributed by atoms with van der Waals surface area (Å²) < 4.78 is 40.5. The van der Waals surface area contributed by atoms with Gasteiger partial charge in [0.05, 0.1) is 17.0 Å². The topological polar surface area (TPSA) is 45.0 Å². The van der Waals surface area contributed by atoms with Gasteiger partial charge in [-0.1, -0.05) is 13.0 Å². The number of nitrogens with one attached hydrogen (secondary N) is 1. The molecule has 0 fully saturated rings. The lowest BCUT2D eigenvalue weighted by Crippen LogP contribution is -2.27. The molecule has 1 aromatic carbocycles. The zero-order chi connectivity index (χ0) is 15.2. The summed E-state index contributed by atoms with van der Waals surface area (Å²) in [6.07, 6.45) is -3.50. The fraction of sp³-hybridized carbons (Fsp3) is 0.462. The summed E-state index contributed by atoms with van der Waals surface area (Å²) in [7, 11) is 0. The van der Waals surface area contributed by atoms with Gasteiger partial charge >= 0.3 is 6.36 Å². The summed E-state index contributed by atoms with van der Waals surface area (Å²) in [5, 5.41) is 11.8. The Labute approximate surface area is 123 Å². The Balaban J connectivity index is 2.66. The Morgan fingerprint density at radius 2 is 2.15 bits per heavy atom. The number of alkyl halides is 3. The average molecular weight is 351 g/mol. The molecule has 3 nitrogen and oxygen atoms in total. The summed E-state index contributed by atoms with van der Waals surface area (Å²) in [6, 6.07) is 6.54. The summed E-state index contributed by atoms with van der Waals surface area (Å²) in [5.41, 5.74) is 0.808. The number of benzene rings is 1. The first-order chi connectivity index (χ1) is 9.35. The first-order valence-electron chi connectivity index (χ1n) is 6.00. The van der Waals surface area contributed by atoms with E-state index in [0.717, 1.165) is 12.0 Å². The number of hydrogen-bond donors (Lipinski definition) is 1. The van der Waals surface area contributed by atoms with Crippen LogP contribution in [0.3, 0.4) is 0 Å². The number of nitriles is 1. The molecule has 20 heavy (non-hydrogen) atoms.